The summed E-state index contributed by atoms with van der Waals surface area (Å²) in [5.41, 5.74) is 11.5. The molecule has 6 N–H and O–H groups in total. The van der Waals surface area contributed by atoms with E-state index in [0.29, 0.717) is 4.70 Å². The molecule has 4 aromatic rings. The number of aliphatic hydroxyl groups is 1. The normalized spacial score (nSPS) is 29.0. The third-order valence-electron chi connectivity index (χ3n) is 7.58. The average Bonchev–Trinajstić information content (AvgIpc) is 3.75. The van der Waals surface area contributed by atoms with Gasteiger partial charge in [-0.05, 0) is 0 Å². The van der Waals surface area contributed by atoms with E-state index in [1.165, 1.54) is 21.8 Å². The van der Waals surface area contributed by atoms with Gasteiger partial charge in [0.2, 0.25) is 5.95 Å². The van der Waals surface area contributed by atoms with Crippen molar-refractivity contribution in [1.82, 2.24) is 34.1 Å². The van der Waals surface area contributed by atoms with Crippen LogP contribution in [-0.4, -0.2) is 83.9 Å². The van der Waals surface area contributed by atoms with Gasteiger partial charge < -0.3 is 30.6 Å². The number of hydrogen-bond donors (Lipinski definition) is 6. The second kappa shape index (κ2) is 13.1. The molecular formula is C22H29N9O11P2S3. The maximum atomic E-state index is 13.6. The lowest BCUT2D eigenvalue weighted by atomic mass is 10.0. The Hall–Kier alpha value is -2.40. The van der Waals surface area contributed by atoms with Crippen LogP contribution >= 0.6 is 49.4 Å². The number of imidazole rings is 1. The highest BCUT2D eigenvalue weighted by atomic mass is 32.7. The first-order valence-corrected chi connectivity index (χ1v) is 19.9. The monoisotopic (exact) mass is 753 g/mol. The molecule has 3 unspecified atom stereocenters. The third kappa shape index (κ3) is 6.90. The fraction of sp³-hybridized carbons (Fsp3) is 0.545. The Morgan fingerprint density at radius 1 is 1.11 bits per heavy atom. The Labute approximate surface area is 278 Å². The van der Waals surface area contributed by atoms with Gasteiger partial charge in [0.1, 0.15) is 47.6 Å². The molecule has 6 rings (SSSR count). The minimum atomic E-state index is -4.25. The van der Waals surface area contributed by atoms with Crippen molar-refractivity contribution in [2.24, 2.45) is 5.92 Å². The second-order valence-corrected chi connectivity index (χ2v) is 17.4. The third-order valence-corrected chi connectivity index (χ3v) is 11.9. The number of fused-ring (bicyclic) bond motifs is 2. The Balaban J connectivity index is 1.18. The fourth-order valence-electron chi connectivity index (χ4n) is 5.33. The number of thiol groups is 2. The number of rotatable bonds is 11. The van der Waals surface area contributed by atoms with Crippen LogP contribution in [0.1, 0.15) is 25.8 Å². The highest BCUT2D eigenvalue weighted by Crippen LogP contribution is 2.58. The number of nitrogens with one attached hydrogen (secondary N) is 1. The number of hydrogen-bond acceptors (Lipinski definition) is 18. The van der Waals surface area contributed by atoms with Crippen LogP contribution in [0, 0.1) is 5.92 Å². The zero-order valence-corrected chi connectivity index (χ0v) is 28.8. The first-order chi connectivity index (χ1) is 22.2. The standard InChI is InChI=1S/C22H29N9O11P2S3/c1-8-14(11(5-38-43(35,45)37-2)41-20(8)31-18-15(47-22(31)34)16(23)25-6-26-18)42-44(36,46)39-4-10-9(32)3-12(40-10)30-7-27-13-17(30)28-21(24)29-19(13)33/h6-12,14,20,32H,3-5H2,1-2H3,(H,35,45)(H,36,46)(H2,23,25,26)(H3,24,28,29,33)/t8?,9-,10-,11-,12-,14?,20-,43?,44-/m1/s1. The van der Waals surface area contributed by atoms with Crippen molar-refractivity contribution in [3.05, 3.63) is 32.7 Å². The van der Waals surface area contributed by atoms with E-state index in [4.69, 9.17) is 39.0 Å². The molecule has 4 aromatic heterocycles. The van der Waals surface area contributed by atoms with Crippen LogP contribution in [-0.2, 0) is 36.7 Å². The average molecular weight is 754 g/mol. The van der Waals surface area contributed by atoms with E-state index in [2.05, 4.69) is 49.4 Å². The lowest BCUT2D eigenvalue weighted by Gasteiger charge is -2.25. The smallest absolute Gasteiger partial charge is 0.386 e. The summed E-state index contributed by atoms with van der Waals surface area (Å²) < 4.78 is 62.5. The minimum Gasteiger partial charge on any atom is -0.390 e. The van der Waals surface area contributed by atoms with Crippen LogP contribution in [0.25, 0.3) is 21.5 Å². The van der Waals surface area contributed by atoms with Gasteiger partial charge in [0, 0.05) is 19.4 Å². The predicted octanol–water partition coefficient (Wildman–Crippen LogP) is 1.47. The molecule has 25 heteroatoms. The minimum absolute atomic E-state index is 0.0309. The zero-order valence-electron chi connectivity index (χ0n) is 24.4. The molecule has 0 spiro atoms. The van der Waals surface area contributed by atoms with Gasteiger partial charge in [-0.15, -0.1) is 0 Å². The van der Waals surface area contributed by atoms with Crippen LogP contribution in [0.5, 0.6) is 0 Å². The van der Waals surface area contributed by atoms with E-state index >= 15 is 0 Å². The molecular weight excluding hydrogens is 724 g/mol. The van der Waals surface area contributed by atoms with E-state index in [9.17, 15) is 23.8 Å². The van der Waals surface area contributed by atoms with Gasteiger partial charge in [-0.1, -0.05) is 42.8 Å². The molecule has 0 aromatic carbocycles. The molecule has 256 valence electrons. The van der Waals surface area contributed by atoms with Crippen LogP contribution < -0.4 is 21.9 Å². The lowest BCUT2D eigenvalue weighted by Crippen LogP contribution is -2.32. The number of nitrogens with two attached hydrogens (primary N) is 2. The Morgan fingerprint density at radius 3 is 2.57 bits per heavy atom. The second-order valence-electron chi connectivity index (χ2n) is 10.6. The number of anilines is 2. The Bertz CT molecular complexity index is 2020. The molecule has 2 aliphatic heterocycles. The first kappa shape index (κ1) is 34.5. The zero-order chi connectivity index (χ0) is 33.8. The van der Waals surface area contributed by atoms with Crippen molar-refractivity contribution in [2.75, 3.05) is 31.8 Å². The number of ether oxygens (including phenoxy) is 2. The van der Waals surface area contributed by atoms with Gasteiger partial charge in [0.05, 0.1) is 25.6 Å². The molecule has 6 heterocycles. The van der Waals surface area contributed by atoms with Gasteiger partial charge in [-0.2, -0.15) is 4.98 Å². The maximum absolute atomic E-state index is 13.6. The number of nitrogen functional groups attached to an aromatic ring is 2. The van der Waals surface area contributed by atoms with E-state index < -0.39 is 80.0 Å². The summed E-state index contributed by atoms with van der Waals surface area (Å²) in [5, 5.41) is 10.7. The summed E-state index contributed by atoms with van der Waals surface area (Å²) >= 11 is 8.83. The van der Waals surface area contributed by atoms with E-state index in [-0.39, 0.29) is 35.0 Å². The van der Waals surface area contributed by atoms with E-state index in [0.717, 1.165) is 18.4 Å². The van der Waals surface area contributed by atoms with Crippen molar-refractivity contribution in [3.8, 4) is 0 Å². The van der Waals surface area contributed by atoms with Crippen LogP contribution in [0.2, 0.25) is 0 Å². The molecule has 47 heavy (non-hydrogen) atoms. The Kier molecular flexibility index (Phi) is 9.63. The summed E-state index contributed by atoms with van der Waals surface area (Å²) in [6, 6.07) is 0. The SMILES string of the molecule is COP(=O)(S)OC[C@H]1O[C@@H](n2c(=O)sc3c(N)ncnc32)C(C)C1O[P@](=O)(S)OC[C@H]1O[C@@H](n2cnc3c(=O)[nH]c(N)nc32)C[C@H]1O. The molecule has 20 nitrogen and oxygen atoms in total. The van der Waals surface area contributed by atoms with Crippen molar-refractivity contribution in [2.45, 2.75) is 50.2 Å². The summed E-state index contributed by atoms with van der Waals surface area (Å²) in [6.45, 7) is -7.20. The van der Waals surface area contributed by atoms with Gasteiger partial charge >= 0.3 is 18.5 Å². The largest absolute Gasteiger partial charge is 0.390 e. The summed E-state index contributed by atoms with van der Waals surface area (Å²) in [7, 11) is 1.14. The molecule has 9 atom stereocenters. The summed E-state index contributed by atoms with van der Waals surface area (Å²) in [6.07, 6.45) is -3.52. The quantitative estimate of drug-likeness (QED) is 0.0935. The number of aliphatic hydroxyl groups excluding tert-OH is 1. The van der Waals surface area contributed by atoms with E-state index in [1.807, 2.05) is 0 Å². The van der Waals surface area contributed by atoms with Gasteiger partial charge in [-0.3, -0.25) is 37.3 Å². The van der Waals surface area contributed by atoms with Crippen molar-refractivity contribution < 1.29 is 41.8 Å². The predicted molar refractivity (Wildman–Crippen MR) is 173 cm³/mol. The van der Waals surface area contributed by atoms with Gasteiger partial charge in [0.15, 0.2) is 16.8 Å². The number of aromatic nitrogens is 7. The molecule has 2 fully saturated rings. The molecule has 0 amide bonds. The van der Waals surface area contributed by atoms with Gasteiger partial charge in [-0.25, -0.2) is 24.1 Å². The molecule has 0 aliphatic carbocycles. The highest BCUT2D eigenvalue weighted by molar-refractivity contribution is 8.44. The van der Waals surface area contributed by atoms with Gasteiger partial charge in [0.25, 0.3) is 5.56 Å². The highest BCUT2D eigenvalue weighted by Gasteiger charge is 2.49. The number of thiazole rings is 1. The van der Waals surface area contributed by atoms with Crippen molar-refractivity contribution in [3.63, 3.8) is 0 Å². The van der Waals surface area contributed by atoms with Crippen LogP contribution in [0.4, 0.5) is 11.8 Å². The topological polar surface area (TPSA) is 273 Å². The Morgan fingerprint density at radius 2 is 1.83 bits per heavy atom. The molecule has 0 bridgehead atoms. The fourth-order valence-corrected chi connectivity index (χ4v) is 8.39. The molecule has 2 saturated heterocycles. The maximum Gasteiger partial charge on any atom is 0.386 e. The molecule has 0 saturated carbocycles. The number of H-pyrrole nitrogens is 1. The lowest BCUT2D eigenvalue weighted by molar-refractivity contribution is -0.0471. The van der Waals surface area contributed by atoms with E-state index in [1.54, 1.807) is 6.92 Å². The number of nitrogens with zero attached hydrogens (tertiary/aromatic N) is 6. The summed E-state index contributed by atoms with van der Waals surface area (Å²) in [4.78, 5) is 43.3. The molecule has 0 radical (unpaired) electrons. The van der Waals surface area contributed by atoms with Crippen molar-refractivity contribution >= 4 is 82.7 Å². The van der Waals surface area contributed by atoms with Crippen LogP contribution in [0.15, 0.2) is 22.2 Å². The van der Waals surface area contributed by atoms with Crippen molar-refractivity contribution in [1.29, 1.82) is 0 Å². The molecule has 2 aliphatic rings. The first-order valence-electron chi connectivity index (χ1n) is 13.7. The van der Waals surface area contributed by atoms with Crippen LogP contribution in [0.3, 0.4) is 0 Å². The summed E-state index contributed by atoms with van der Waals surface area (Å²) in [5.74, 6) is -0.732. The number of aromatic amines is 1.